The van der Waals surface area contributed by atoms with Crippen molar-refractivity contribution >= 4 is 29.3 Å². The van der Waals surface area contributed by atoms with E-state index in [4.69, 9.17) is 11.6 Å². The lowest BCUT2D eigenvalue weighted by Crippen LogP contribution is -2.39. The van der Waals surface area contributed by atoms with Gasteiger partial charge < -0.3 is 5.32 Å². The highest BCUT2D eigenvalue weighted by atomic mass is 35.5. The van der Waals surface area contributed by atoms with Crippen LogP contribution < -0.4 is 5.32 Å². The molecule has 0 aromatic heterocycles. The molecule has 1 amide bonds. The molecule has 102 valence electrons. The minimum atomic E-state index is 0.164. The highest BCUT2D eigenvalue weighted by Gasteiger charge is 2.39. The van der Waals surface area contributed by atoms with Gasteiger partial charge in [0.15, 0.2) is 0 Å². The van der Waals surface area contributed by atoms with Crippen molar-refractivity contribution in [2.24, 2.45) is 11.8 Å². The number of thioether (sulfide) groups is 1. The number of amides is 1. The van der Waals surface area contributed by atoms with E-state index in [2.05, 4.69) is 5.32 Å². The fraction of sp³-hybridized carbons (Fsp3) is 0.533. The molecule has 2 saturated carbocycles. The summed E-state index contributed by atoms with van der Waals surface area (Å²) in [6, 6.07) is 8.07. The maximum Gasteiger partial charge on any atom is 0.230 e. The summed E-state index contributed by atoms with van der Waals surface area (Å²) < 4.78 is 0. The Bertz CT molecular complexity index is 462. The van der Waals surface area contributed by atoms with Crippen LogP contribution >= 0.6 is 23.4 Å². The molecule has 2 aliphatic carbocycles. The summed E-state index contributed by atoms with van der Waals surface area (Å²) in [5, 5.41) is 3.94. The van der Waals surface area contributed by atoms with E-state index < -0.39 is 0 Å². The molecule has 0 aliphatic heterocycles. The molecule has 1 aromatic carbocycles. The second kappa shape index (κ2) is 5.76. The fourth-order valence-corrected chi connectivity index (χ4v) is 4.19. The third-order valence-corrected chi connectivity index (χ3v) is 5.53. The minimum Gasteiger partial charge on any atom is -0.352 e. The smallest absolute Gasteiger partial charge is 0.230 e. The highest BCUT2D eigenvalue weighted by Crippen LogP contribution is 2.44. The topological polar surface area (TPSA) is 29.1 Å². The van der Waals surface area contributed by atoms with E-state index in [-0.39, 0.29) is 5.91 Å². The van der Waals surface area contributed by atoms with Crippen molar-refractivity contribution in [3.63, 3.8) is 0 Å². The van der Waals surface area contributed by atoms with Crippen LogP contribution in [-0.2, 0) is 4.79 Å². The normalized spacial score (nSPS) is 28.6. The minimum absolute atomic E-state index is 0.164. The Labute approximate surface area is 123 Å². The first kappa shape index (κ1) is 13.3. The number of nitrogens with one attached hydrogen (secondary N) is 1. The Kier molecular flexibility index (Phi) is 4.04. The Morgan fingerprint density at radius 2 is 2.05 bits per heavy atom. The van der Waals surface area contributed by atoms with Crippen molar-refractivity contribution in [1.82, 2.24) is 5.32 Å². The lowest BCUT2D eigenvalue weighted by Gasteiger charge is -2.22. The third-order valence-electron chi connectivity index (χ3n) is 4.27. The molecule has 19 heavy (non-hydrogen) atoms. The molecule has 0 spiro atoms. The van der Waals surface area contributed by atoms with Gasteiger partial charge in [0.05, 0.1) is 5.75 Å². The number of carbonyl (C=O) groups is 1. The van der Waals surface area contributed by atoms with Gasteiger partial charge in [-0.3, -0.25) is 4.79 Å². The summed E-state index contributed by atoms with van der Waals surface area (Å²) in [5.74, 6) is 2.28. The van der Waals surface area contributed by atoms with Crippen LogP contribution in [0.2, 0.25) is 5.02 Å². The van der Waals surface area contributed by atoms with E-state index in [9.17, 15) is 4.79 Å². The molecule has 0 heterocycles. The average molecular weight is 296 g/mol. The fourth-order valence-electron chi connectivity index (χ4n) is 3.35. The molecule has 1 aromatic rings. The van der Waals surface area contributed by atoms with E-state index >= 15 is 0 Å². The predicted molar refractivity (Wildman–Crippen MR) is 79.6 cm³/mol. The predicted octanol–water partition coefficient (Wildman–Crippen LogP) is 3.74. The van der Waals surface area contributed by atoms with Crippen LogP contribution in [0.15, 0.2) is 29.2 Å². The summed E-state index contributed by atoms with van der Waals surface area (Å²) in [4.78, 5) is 13.0. The van der Waals surface area contributed by atoms with Crippen LogP contribution in [0.25, 0.3) is 0 Å². The standard InChI is InChI=1S/C15H18ClNOS/c16-12-3-5-13(6-4-12)19-9-15(18)17-14-8-10-1-2-11(14)7-10/h3-6,10-11,14H,1-2,7-9H2,(H,17,18)/t10-,11+,14-/m1/s1. The van der Waals surface area contributed by atoms with Gasteiger partial charge in [0.2, 0.25) is 5.91 Å². The first-order chi connectivity index (χ1) is 9.20. The van der Waals surface area contributed by atoms with Gasteiger partial charge in [0.1, 0.15) is 0 Å². The number of hydrogen-bond acceptors (Lipinski definition) is 2. The Morgan fingerprint density at radius 1 is 1.26 bits per heavy atom. The summed E-state index contributed by atoms with van der Waals surface area (Å²) in [7, 11) is 0. The molecule has 2 bridgehead atoms. The molecule has 3 rings (SSSR count). The van der Waals surface area contributed by atoms with Gasteiger partial charge in [-0.15, -0.1) is 11.8 Å². The average Bonchev–Trinajstić information content (AvgIpc) is 3.00. The Balaban J connectivity index is 1.45. The number of rotatable bonds is 4. The van der Waals surface area contributed by atoms with Gasteiger partial charge in [-0.2, -0.15) is 0 Å². The summed E-state index contributed by atoms with van der Waals surface area (Å²) in [6.07, 6.45) is 5.20. The number of hydrogen-bond donors (Lipinski definition) is 1. The van der Waals surface area contributed by atoms with E-state index in [0.717, 1.165) is 21.8 Å². The molecule has 2 fully saturated rings. The van der Waals surface area contributed by atoms with Crippen molar-refractivity contribution in [2.45, 2.75) is 36.6 Å². The lowest BCUT2D eigenvalue weighted by molar-refractivity contribution is -0.119. The van der Waals surface area contributed by atoms with E-state index in [0.29, 0.717) is 11.8 Å². The van der Waals surface area contributed by atoms with Crippen molar-refractivity contribution in [1.29, 1.82) is 0 Å². The maximum absolute atomic E-state index is 12.0. The van der Waals surface area contributed by atoms with E-state index in [1.807, 2.05) is 24.3 Å². The van der Waals surface area contributed by atoms with E-state index in [1.54, 1.807) is 11.8 Å². The number of halogens is 1. The second-order valence-corrected chi connectivity index (χ2v) is 7.08. The molecular formula is C15H18ClNOS. The number of carbonyl (C=O) groups excluding carboxylic acids is 1. The molecule has 0 radical (unpaired) electrons. The van der Waals surface area contributed by atoms with Crippen LogP contribution in [-0.4, -0.2) is 17.7 Å². The SMILES string of the molecule is O=C(CSc1ccc(Cl)cc1)N[C@@H]1C[C@@H]2CC[C@H]1C2. The zero-order valence-corrected chi connectivity index (χ0v) is 12.3. The first-order valence-electron chi connectivity index (χ1n) is 6.88. The van der Waals surface area contributed by atoms with E-state index in [1.165, 1.54) is 25.7 Å². The van der Waals surface area contributed by atoms with Crippen molar-refractivity contribution < 1.29 is 4.79 Å². The van der Waals surface area contributed by atoms with Gasteiger partial charge in [-0.1, -0.05) is 18.0 Å². The van der Waals surface area contributed by atoms with Gasteiger partial charge in [0.25, 0.3) is 0 Å². The zero-order valence-electron chi connectivity index (χ0n) is 10.8. The second-order valence-electron chi connectivity index (χ2n) is 5.59. The molecule has 2 aliphatic rings. The van der Waals surface area contributed by atoms with Crippen molar-refractivity contribution in [3.05, 3.63) is 29.3 Å². The number of benzene rings is 1. The van der Waals surface area contributed by atoms with Crippen LogP contribution in [0.3, 0.4) is 0 Å². The maximum atomic E-state index is 12.0. The van der Waals surface area contributed by atoms with Gasteiger partial charge in [-0.25, -0.2) is 0 Å². The zero-order chi connectivity index (χ0) is 13.2. The molecule has 0 unspecified atom stereocenters. The van der Waals surface area contributed by atoms with Crippen molar-refractivity contribution in [3.8, 4) is 0 Å². The Morgan fingerprint density at radius 3 is 2.68 bits per heavy atom. The van der Waals surface area contributed by atoms with Crippen molar-refractivity contribution in [2.75, 3.05) is 5.75 Å². The summed E-state index contributed by atoms with van der Waals surface area (Å²) in [5.41, 5.74) is 0. The summed E-state index contributed by atoms with van der Waals surface area (Å²) >= 11 is 7.41. The van der Waals surface area contributed by atoms with Crippen LogP contribution in [0.5, 0.6) is 0 Å². The molecule has 4 heteroatoms. The van der Waals surface area contributed by atoms with Gasteiger partial charge in [-0.05, 0) is 55.4 Å². The largest absolute Gasteiger partial charge is 0.352 e. The number of fused-ring (bicyclic) bond motifs is 2. The van der Waals surface area contributed by atoms with Crippen LogP contribution in [0, 0.1) is 11.8 Å². The quantitative estimate of drug-likeness (QED) is 0.858. The van der Waals surface area contributed by atoms with Gasteiger partial charge in [0, 0.05) is 16.0 Å². The summed E-state index contributed by atoms with van der Waals surface area (Å²) in [6.45, 7) is 0. The highest BCUT2D eigenvalue weighted by molar-refractivity contribution is 8.00. The molecule has 3 atom stereocenters. The first-order valence-corrected chi connectivity index (χ1v) is 8.25. The van der Waals surface area contributed by atoms with Crippen LogP contribution in [0.4, 0.5) is 0 Å². The molecular weight excluding hydrogens is 278 g/mol. The molecule has 0 saturated heterocycles. The third kappa shape index (κ3) is 3.26. The molecule has 1 N–H and O–H groups in total. The lowest BCUT2D eigenvalue weighted by atomic mass is 9.95. The monoisotopic (exact) mass is 295 g/mol. The van der Waals surface area contributed by atoms with Gasteiger partial charge >= 0.3 is 0 Å². The molecule has 2 nitrogen and oxygen atoms in total. The Hall–Kier alpha value is -0.670. The van der Waals surface area contributed by atoms with Crippen LogP contribution in [0.1, 0.15) is 25.7 Å².